The minimum atomic E-state index is -0.505. The normalized spacial score (nSPS) is 11.1. The Kier molecular flexibility index (Phi) is 6.39. The molecule has 0 aromatic heterocycles. The zero-order chi connectivity index (χ0) is 21.1. The summed E-state index contributed by atoms with van der Waals surface area (Å²) in [6, 6.07) is 10.4. The van der Waals surface area contributed by atoms with Gasteiger partial charge in [0.25, 0.3) is 0 Å². The molecule has 0 radical (unpaired) electrons. The molecule has 2 rings (SSSR count). The fourth-order valence-corrected chi connectivity index (χ4v) is 2.85. The van der Waals surface area contributed by atoms with Crippen molar-refractivity contribution in [3.63, 3.8) is 0 Å². The van der Waals surface area contributed by atoms with Crippen molar-refractivity contribution >= 4 is 23.3 Å². The smallest absolute Gasteiger partial charge is 0.339 e. The number of ketones is 1. The third-order valence-electron chi connectivity index (χ3n) is 4.36. The van der Waals surface area contributed by atoms with E-state index in [2.05, 4.69) is 5.32 Å². The predicted molar refractivity (Wildman–Crippen MR) is 110 cm³/mol. The van der Waals surface area contributed by atoms with Gasteiger partial charge in [-0.25, -0.2) is 4.79 Å². The van der Waals surface area contributed by atoms with Crippen molar-refractivity contribution in [1.29, 1.82) is 0 Å². The number of amides is 1. The number of nitrogens with one attached hydrogen (secondary N) is 1. The number of anilines is 1. The third kappa shape index (κ3) is 5.28. The molecule has 0 unspecified atom stereocenters. The second-order valence-corrected chi connectivity index (χ2v) is 8.05. The van der Waals surface area contributed by atoms with Gasteiger partial charge in [0.15, 0.2) is 12.4 Å². The molecule has 0 aliphatic carbocycles. The number of rotatable bonds is 5. The Morgan fingerprint density at radius 2 is 1.46 bits per heavy atom. The number of benzene rings is 2. The Morgan fingerprint density at radius 1 is 0.929 bits per heavy atom. The highest BCUT2D eigenvalue weighted by Gasteiger charge is 2.21. The standard InChI is InChI=1S/C23H27NO4/c1-14-11-15(2)20(16(3)12-14)21(26)28-13-19(25)17-7-9-18(10-8-17)24-22(27)23(4,5)6/h7-12H,13H2,1-6H3,(H,24,27). The number of Topliss-reactive ketones (excluding diaryl/α,β-unsaturated/α-hetero) is 1. The first-order chi connectivity index (χ1) is 13.0. The number of esters is 1. The van der Waals surface area contributed by atoms with E-state index in [4.69, 9.17) is 4.74 Å². The molecule has 1 amide bonds. The number of hydrogen-bond donors (Lipinski definition) is 1. The Balaban J connectivity index is 2.00. The highest BCUT2D eigenvalue weighted by Crippen LogP contribution is 2.19. The summed E-state index contributed by atoms with van der Waals surface area (Å²) in [6.07, 6.45) is 0. The minimum absolute atomic E-state index is 0.107. The number of aryl methyl sites for hydroxylation is 3. The second-order valence-electron chi connectivity index (χ2n) is 8.05. The quantitative estimate of drug-likeness (QED) is 0.605. The molecule has 2 aromatic rings. The van der Waals surface area contributed by atoms with E-state index >= 15 is 0 Å². The monoisotopic (exact) mass is 381 g/mol. The lowest BCUT2D eigenvalue weighted by molar-refractivity contribution is -0.123. The average Bonchev–Trinajstić information content (AvgIpc) is 2.58. The summed E-state index contributed by atoms with van der Waals surface area (Å²) in [4.78, 5) is 36.7. The molecule has 0 spiro atoms. The van der Waals surface area contributed by atoms with E-state index in [1.807, 2.05) is 53.7 Å². The van der Waals surface area contributed by atoms with Crippen LogP contribution in [-0.4, -0.2) is 24.3 Å². The van der Waals surface area contributed by atoms with E-state index in [0.717, 1.165) is 16.7 Å². The molecule has 5 heteroatoms. The third-order valence-corrected chi connectivity index (χ3v) is 4.36. The van der Waals surface area contributed by atoms with Crippen molar-refractivity contribution in [2.45, 2.75) is 41.5 Å². The summed E-state index contributed by atoms with van der Waals surface area (Å²) < 4.78 is 5.23. The Labute approximate surface area is 166 Å². The summed E-state index contributed by atoms with van der Waals surface area (Å²) in [5.74, 6) is -0.911. The average molecular weight is 381 g/mol. The Bertz CT molecular complexity index is 882. The van der Waals surface area contributed by atoms with Gasteiger partial charge in [-0.2, -0.15) is 0 Å². The molecule has 0 saturated heterocycles. The van der Waals surface area contributed by atoms with E-state index in [1.165, 1.54) is 0 Å². The van der Waals surface area contributed by atoms with Gasteiger partial charge in [-0.1, -0.05) is 38.5 Å². The van der Waals surface area contributed by atoms with Gasteiger partial charge in [0.1, 0.15) is 0 Å². The van der Waals surface area contributed by atoms with Crippen molar-refractivity contribution in [1.82, 2.24) is 0 Å². The van der Waals surface area contributed by atoms with Crippen LogP contribution in [-0.2, 0) is 9.53 Å². The van der Waals surface area contributed by atoms with Gasteiger partial charge in [-0.15, -0.1) is 0 Å². The van der Waals surface area contributed by atoms with E-state index in [0.29, 0.717) is 16.8 Å². The fraction of sp³-hybridized carbons (Fsp3) is 0.348. The number of carbonyl (C=O) groups excluding carboxylic acids is 3. The molecule has 1 N–H and O–H groups in total. The molecule has 0 aliphatic heterocycles. The van der Waals surface area contributed by atoms with Crippen LogP contribution in [0.3, 0.4) is 0 Å². The van der Waals surface area contributed by atoms with Crippen molar-refractivity contribution in [3.05, 3.63) is 64.2 Å². The Morgan fingerprint density at radius 3 is 1.96 bits per heavy atom. The molecule has 2 aromatic carbocycles. The van der Waals surface area contributed by atoms with Crippen LogP contribution in [0.5, 0.6) is 0 Å². The van der Waals surface area contributed by atoms with Crippen LogP contribution < -0.4 is 5.32 Å². The SMILES string of the molecule is Cc1cc(C)c(C(=O)OCC(=O)c2ccc(NC(=O)C(C)(C)C)cc2)c(C)c1. The maximum Gasteiger partial charge on any atom is 0.339 e. The summed E-state index contributed by atoms with van der Waals surface area (Å²) in [5.41, 5.74) is 3.75. The minimum Gasteiger partial charge on any atom is -0.454 e. The van der Waals surface area contributed by atoms with E-state index < -0.39 is 11.4 Å². The van der Waals surface area contributed by atoms with E-state index in [1.54, 1.807) is 24.3 Å². The first-order valence-electron chi connectivity index (χ1n) is 9.18. The molecule has 28 heavy (non-hydrogen) atoms. The van der Waals surface area contributed by atoms with E-state index in [-0.39, 0.29) is 18.3 Å². The van der Waals surface area contributed by atoms with Crippen molar-refractivity contribution in [2.75, 3.05) is 11.9 Å². The fourth-order valence-electron chi connectivity index (χ4n) is 2.85. The summed E-state index contributed by atoms with van der Waals surface area (Å²) in [5, 5.41) is 2.80. The van der Waals surface area contributed by atoms with Crippen LogP contribution in [0.25, 0.3) is 0 Å². The molecule has 0 saturated carbocycles. The lowest BCUT2D eigenvalue weighted by Gasteiger charge is -2.17. The topological polar surface area (TPSA) is 72.5 Å². The molecular weight excluding hydrogens is 354 g/mol. The van der Waals surface area contributed by atoms with Gasteiger partial charge in [0.2, 0.25) is 5.91 Å². The highest BCUT2D eigenvalue weighted by molar-refractivity contribution is 6.01. The second kappa shape index (κ2) is 8.38. The molecule has 0 aliphatic rings. The number of ether oxygens (including phenoxy) is 1. The van der Waals surface area contributed by atoms with Gasteiger partial charge < -0.3 is 10.1 Å². The zero-order valence-electron chi connectivity index (χ0n) is 17.3. The predicted octanol–water partition coefficient (Wildman–Crippen LogP) is 4.64. The number of hydrogen-bond acceptors (Lipinski definition) is 4. The van der Waals surface area contributed by atoms with Crippen molar-refractivity contribution in [2.24, 2.45) is 5.41 Å². The van der Waals surface area contributed by atoms with Crippen LogP contribution in [0, 0.1) is 26.2 Å². The van der Waals surface area contributed by atoms with E-state index in [9.17, 15) is 14.4 Å². The molecule has 0 heterocycles. The molecular formula is C23H27NO4. The molecule has 0 bridgehead atoms. The molecule has 5 nitrogen and oxygen atoms in total. The molecule has 0 fully saturated rings. The lowest BCUT2D eigenvalue weighted by atomic mass is 9.95. The highest BCUT2D eigenvalue weighted by atomic mass is 16.5. The van der Waals surface area contributed by atoms with Gasteiger partial charge in [0.05, 0.1) is 5.56 Å². The zero-order valence-corrected chi connectivity index (χ0v) is 17.3. The first kappa shape index (κ1) is 21.4. The maximum atomic E-state index is 12.4. The maximum absolute atomic E-state index is 12.4. The lowest BCUT2D eigenvalue weighted by Crippen LogP contribution is -2.27. The molecule has 0 atom stereocenters. The first-order valence-corrected chi connectivity index (χ1v) is 9.18. The van der Waals surface area contributed by atoms with Crippen molar-refractivity contribution < 1.29 is 19.1 Å². The van der Waals surface area contributed by atoms with Gasteiger partial charge >= 0.3 is 5.97 Å². The van der Waals surface area contributed by atoms with Crippen LogP contribution in [0.4, 0.5) is 5.69 Å². The Hall–Kier alpha value is -2.95. The largest absolute Gasteiger partial charge is 0.454 e. The van der Waals surface area contributed by atoms with Crippen LogP contribution in [0.1, 0.15) is 58.2 Å². The van der Waals surface area contributed by atoms with Crippen LogP contribution >= 0.6 is 0 Å². The van der Waals surface area contributed by atoms with Gasteiger partial charge in [-0.05, 0) is 56.2 Å². The number of carbonyl (C=O) groups is 3. The van der Waals surface area contributed by atoms with Crippen LogP contribution in [0.2, 0.25) is 0 Å². The van der Waals surface area contributed by atoms with Crippen molar-refractivity contribution in [3.8, 4) is 0 Å². The summed E-state index contributed by atoms with van der Waals surface area (Å²) in [7, 11) is 0. The summed E-state index contributed by atoms with van der Waals surface area (Å²) in [6.45, 7) is 10.8. The van der Waals surface area contributed by atoms with Gasteiger partial charge in [-0.3, -0.25) is 9.59 Å². The van der Waals surface area contributed by atoms with Crippen LogP contribution in [0.15, 0.2) is 36.4 Å². The summed E-state index contributed by atoms with van der Waals surface area (Å²) >= 11 is 0. The van der Waals surface area contributed by atoms with Gasteiger partial charge in [0, 0.05) is 16.7 Å². The molecule has 148 valence electrons.